The lowest BCUT2D eigenvalue weighted by Gasteiger charge is -2.34. The van der Waals surface area contributed by atoms with Crippen LogP contribution in [0.1, 0.15) is 41.5 Å². The lowest BCUT2D eigenvalue weighted by molar-refractivity contribution is 0.0601. The number of imidazole rings is 1. The van der Waals surface area contributed by atoms with Crippen LogP contribution in [0.5, 0.6) is 11.5 Å². The molecular formula is C20H19N3O3. The number of ether oxygens (including phenoxy) is 2. The molecule has 6 heteroatoms. The van der Waals surface area contributed by atoms with Crippen molar-refractivity contribution >= 4 is 16.9 Å². The third kappa shape index (κ3) is 2.49. The number of H-pyrrole nitrogens is 1. The van der Waals surface area contributed by atoms with Crippen LogP contribution >= 0.6 is 0 Å². The Hall–Kier alpha value is -3.02. The van der Waals surface area contributed by atoms with Crippen LogP contribution in [0.4, 0.5) is 0 Å². The van der Waals surface area contributed by atoms with Crippen molar-refractivity contribution in [2.75, 3.05) is 13.3 Å². The molecule has 1 saturated heterocycles. The highest BCUT2D eigenvalue weighted by Gasteiger charge is 2.31. The maximum atomic E-state index is 13.2. The van der Waals surface area contributed by atoms with E-state index in [1.54, 1.807) is 18.2 Å². The Morgan fingerprint density at radius 3 is 2.92 bits per heavy atom. The summed E-state index contributed by atoms with van der Waals surface area (Å²) in [5.74, 6) is 2.19. The molecule has 132 valence electrons. The molecule has 2 aliphatic heterocycles. The molecule has 1 amide bonds. The normalized spacial score (nSPS) is 19.1. The molecule has 3 aromatic rings. The van der Waals surface area contributed by atoms with E-state index in [2.05, 4.69) is 4.98 Å². The average molecular weight is 349 g/mol. The van der Waals surface area contributed by atoms with E-state index in [1.807, 2.05) is 29.2 Å². The van der Waals surface area contributed by atoms with Gasteiger partial charge in [0.05, 0.1) is 17.1 Å². The fraction of sp³-hybridized carbons (Fsp3) is 0.300. The molecule has 1 atom stereocenters. The van der Waals surface area contributed by atoms with Crippen molar-refractivity contribution in [1.29, 1.82) is 0 Å². The number of nitrogens with zero attached hydrogens (tertiary/aromatic N) is 2. The van der Waals surface area contributed by atoms with E-state index in [0.29, 0.717) is 17.1 Å². The molecule has 1 aromatic heterocycles. The van der Waals surface area contributed by atoms with Gasteiger partial charge in [-0.15, -0.1) is 0 Å². The van der Waals surface area contributed by atoms with Crippen molar-refractivity contribution in [3.05, 3.63) is 53.9 Å². The Kier molecular flexibility index (Phi) is 3.55. The second-order valence-corrected chi connectivity index (χ2v) is 6.72. The van der Waals surface area contributed by atoms with Gasteiger partial charge < -0.3 is 19.4 Å². The minimum Gasteiger partial charge on any atom is -0.454 e. The zero-order valence-corrected chi connectivity index (χ0v) is 14.3. The lowest BCUT2D eigenvalue weighted by Crippen LogP contribution is -2.39. The molecule has 5 rings (SSSR count). The number of amides is 1. The van der Waals surface area contributed by atoms with Gasteiger partial charge in [0.25, 0.3) is 5.91 Å². The summed E-state index contributed by atoms with van der Waals surface area (Å²) in [7, 11) is 0. The van der Waals surface area contributed by atoms with Gasteiger partial charge in [-0.25, -0.2) is 4.98 Å². The summed E-state index contributed by atoms with van der Waals surface area (Å²) in [6.45, 7) is 0.938. The number of hydrogen-bond acceptors (Lipinski definition) is 4. The zero-order valence-electron chi connectivity index (χ0n) is 14.3. The summed E-state index contributed by atoms with van der Waals surface area (Å²) in [4.78, 5) is 23.2. The second-order valence-electron chi connectivity index (χ2n) is 6.72. The van der Waals surface area contributed by atoms with Crippen LogP contribution in [-0.2, 0) is 0 Å². The third-order valence-corrected chi connectivity index (χ3v) is 5.11. The molecule has 2 aliphatic rings. The molecule has 0 spiro atoms. The molecule has 0 bridgehead atoms. The molecule has 1 fully saturated rings. The van der Waals surface area contributed by atoms with E-state index in [1.165, 1.54) is 0 Å². The van der Waals surface area contributed by atoms with Crippen molar-refractivity contribution in [3.8, 4) is 11.5 Å². The predicted octanol–water partition coefficient (Wildman–Crippen LogP) is 3.66. The van der Waals surface area contributed by atoms with Gasteiger partial charge in [0, 0.05) is 12.1 Å². The summed E-state index contributed by atoms with van der Waals surface area (Å²) in [5.41, 5.74) is 2.56. The number of nitrogens with one attached hydrogen (secondary N) is 1. The van der Waals surface area contributed by atoms with Crippen LogP contribution in [0.2, 0.25) is 0 Å². The van der Waals surface area contributed by atoms with Crippen LogP contribution in [0, 0.1) is 0 Å². The molecular weight excluding hydrogens is 330 g/mol. The average Bonchev–Trinajstić information content (AvgIpc) is 3.33. The number of carbonyl (C=O) groups is 1. The van der Waals surface area contributed by atoms with Crippen LogP contribution in [0.15, 0.2) is 42.5 Å². The van der Waals surface area contributed by atoms with Gasteiger partial charge >= 0.3 is 0 Å². The Morgan fingerprint density at radius 2 is 2.00 bits per heavy atom. The number of benzene rings is 2. The number of hydrogen-bond donors (Lipinski definition) is 1. The standard InChI is InChI=1S/C20H19N3O3/c24-20(13-8-9-17-18(11-13)26-12-25-17)23-10-4-3-7-16(23)19-21-14-5-1-2-6-15(14)22-19/h1-2,5-6,8-9,11,16H,3-4,7,10,12H2,(H,21,22)/t16-/m0/s1. The van der Waals surface area contributed by atoms with E-state index in [-0.39, 0.29) is 18.7 Å². The molecule has 3 heterocycles. The van der Waals surface area contributed by atoms with Crippen molar-refractivity contribution < 1.29 is 14.3 Å². The number of para-hydroxylation sites is 2. The maximum Gasteiger partial charge on any atom is 0.254 e. The van der Waals surface area contributed by atoms with Crippen LogP contribution in [0.25, 0.3) is 11.0 Å². The van der Waals surface area contributed by atoms with Crippen LogP contribution in [-0.4, -0.2) is 34.1 Å². The lowest BCUT2D eigenvalue weighted by atomic mass is 10.00. The predicted molar refractivity (Wildman–Crippen MR) is 96.3 cm³/mol. The number of aromatic nitrogens is 2. The van der Waals surface area contributed by atoms with E-state index in [0.717, 1.165) is 42.7 Å². The third-order valence-electron chi connectivity index (χ3n) is 5.11. The Labute approximate surface area is 150 Å². The van der Waals surface area contributed by atoms with Gasteiger partial charge in [-0.05, 0) is 49.6 Å². The first-order valence-electron chi connectivity index (χ1n) is 8.95. The van der Waals surface area contributed by atoms with Crippen molar-refractivity contribution in [3.63, 3.8) is 0 Å². The summed E-state index contributed by atoms with van der Waals surface area (Å²) < 4.78 is 10.8. The molecule has 6 nitrogen and oxygen atoms in total. The van der Waals surface area contributed by atoms with Gasteiger partial charge in [-0.3, -0.25) is 4.79 Å². The topological polar surface area (TPSA) is 67.5 Å². The summed E-state index contributed by atoms with van der Waals surface area (Å²) in [6, 6.07) is 13.3. The minimum absolute atomic E-state index is 0.00783. The number of rotatable bonds is 2. The maximum absolute atomic E-state index is 13.2. The molecule has 2 aromatic carbocycles. The second kappa shape index (κ2) is 6.05. The molecule has 0 aliphatic carbocycles. The van der Waals surface area contributed by atoms with Crippen molar-refractivity contribution in [2.45, 2.75) is 25.3 Å². The summed E-state index contributed by atoms with van der Waals surface area (Å²) in [6.07, 6.45) is 3.01. The van der Waals surface area contributed by atoms with E-state index in [4.69, 9.17) is 14.5 Å². The monoisotopic (exact) mass is 349 g/mol. The van der Waals surface area contributed by atoms with Crippen molar-refractivity contribution in [1.82, 2.24) is 14.9 Å². The molecule has 1 N–H and O–H groups in total. The number of likely N-dealkylation sites (tertiary alicyclic amines) is 1. The highest BCUT2D eigenvalue weighted by molar-refractivity contribution is 5.95. The minimum atomic E-state index is -0.0333. The van der Waals surface area contributed by atoms with Crippen LogP contribution in [0.3, 0.4) is 0 Å². The highest BCUT2D eigenvalue weighted by atomic mass is 16.7. The van der Waals surface area contributed by atoms with Gasteiger partial charge in [0.1, 0.15) is 5.82 Å². The number of fused-ring (bicyclic) bond motifs is 2. The van der Waals surface area contributed by atoms with Gasteiger partial charge in [0.15, 0.2) is 11.5 Å². The fourth-order valence-electron chi connectivity index (χ4n) is 3.78. The van der Waals surface area contributed by atoms with Crippen LogP contribution < -0.4 is 9.47 Å². The quantitative estimate of drug-likeness (QED) is 0.767. The molecule has 26 heavy (non-hydrogen) atoms. The highest BCUT2D eigenvalue weighted by Crippen LogP contribution is 2.35. The number of carbonyl (C=O) groups excluding carboxylic acids is 1. The SMILES string of the molecule is O=C(c1ccc2c(c1)OCO2)N1CCCC[C@H]1c1nc2ccccc2[nH]1. The number of aromatic amines is 1. The van der Waals surface area contributed by atoms with E-state index >= 15 is 0 Å². The first kappa shape index (κ1) is 15.3. The fourth-order valence-corrected chi connectivity index (χ4v) is 3.78. The molecule has 0 unspecified atom stereocenters. The Balaban J connectivity index is 1.48. The van der Waals surface area contributed by atoms with Gasteiger partial charge in [-0.1, -0.05) is 12.1 Å². The molecule has 0 radical (unpaired) electrons. The number of piperidine rings is 1. The summed E-state index contributed by atoms with van der Waals surface area (Å²) in [5, 5.41) is 0. The van der Waals surface area contributed by atoms with Gasteiger partial charge in [-0.2, -0.15) is 0 Å². The first-order valence-corrected chi connectivity index (χ1v) is 8.95. The van der Waals surface area contributed by atoms with E-state index < -0.39 is 0 Å². The van der Waals surface area contributed by atoms with Gasteiger partial charge in [0.2, 0.25) is 6.79 Å². The van der Waals surface area contributed by atoms with E-state index in [9.17, 15) is 4.79 Å². The Bertz CT molecular complexity index is 948. The zero-order chi connectivity index (χ0) is 17.5. The Morgan fingerprint density at radius 1 is 1.12 bits per heavy atom. The summed E-state index contributed by atoms with van der Waals surface area (Å²) >= 11 is 0. The smallest absolute Gasteiger partial charge is 0.254 e. The largest absolute Gasteiger partial charge is 0.454 e. The molecule has 0 saturated carbocycles. The first-order chi connectivity index (χ1) is 12.8. The van der Waals surface area contributed by atoms with Crippen molar-refractivity contribution in [2.24, 2.45) is 0 Å².